The molecule has 2 heterocycles. The summed E-state index contributed by atoms with van der Waals surface area (Å²) in [6.07, 6.45) is 3.27. The molecule has 0 saturated carbocycles. The van der Waals surface area contributed by atoms with Crippen molar-refractivity contribution in [1.82, 2.24) is 14.5 Å². The number of para-hydroxylation sites is 2. The second kappa shape index (κ2) is 18.0. The number of aromatic nitrogens is 3. The summed E-state index contributed by atoms with van der Waals surface area (Å²) in [5.41, 5.74) is 13.2. The summed E-state index contributed by atoms with van der Waals surface area (Å²) in [5.74, 6) is 9.64. The zero-order valence-corrected chi connectivity index (χ0v) is 37.7. The van der Waals surface area contributed by atoms with E-state index in [0.29, 0.717) is 17.8 Å². The van der Waals surface area contributed by atoms with Crippen LogP contribution in [0.4, 0.5) is 0 Å². The van der Waals surface area contributed by atoms with Crippen molar-refractivity contribution >= 4 is 28.7 Å². The molecule has 0 aliphatic carbocycles. The fourth-order valence-corrected chi connectivity index (χ4v) is 10.4. The van der Waals surface area contributed by atoms with Crippen molar-refractivity contribution in [2.24, 2.45) is 5.92 Å². The number of rotatable bonds is 9. The summed E-state index contributed by atoms with van der Waals surface area (Å²) in [4.78, 5) is 9.77. The quantitative estimate of drug-likeness (QED) is 0.107. The second-order valence-electron chi connectivity index (χ2n) is 16.1. The Labute approximate surface area is 340 Å². The Bertz CT molecular complexity index is 2240. The van der Waals surface area contributed by atoms with Gasteiger partial charge in [-0.25, -0.2) is 0 Å². The first-order valence-corrected chi connectivity index (χ1v) is 26.4. The van der Waals surface area contributed by atoms with Gasteiger partial charge >= 0.3 is 126 Å². The van der Waals surface area contributed by atoms with E-state index in [0.717, 1.165) is 40.1 Å². The SMILES string of the molecule is CC(C)Cc1cc(-c2[c-]cccc2)nc[c]1[Ge]([CH3])([CH3])[CH3].CC(C)c1cc(-c2ccccc2)cc(C(C)C)c1-n1c(-c2[c-]cccc2)nc2ccccc21.[Ir]. The summed E-state index contributed by atoms with van der Waals surface area (Å²) < 4.78 is 3.90. The number of fused-ring (bicyclic) bond motifs is 1. The van der Waals surface area contributed by atoms with Gasteiger partial charge in [0.2, 0.25) is 0 Å². The molecule has 0 aliphatic heterocycles. The van der Waals surface area contributed by atoms with E-state index in [1.54, 1.807) is 4.40 Å². The molecule has 0 unspecified atom stereocenters. The van der Waals surface area contributed by atoms with E-state index < -0.39 is 13.3 Å². The van der Waals surface area contributed by atoms with Gasteiger partial charge in [0.1, 0.15) is 0 Å². The van der Waals surface area contributed by atoms with E-state index in [1.807, 2.05) is 30.3 Å². The van der Waals surface area contributed by atoms with Gasteiger partial charge in [0.15, 0.2) is 0 Å². The number of benzene rings is 5. The van der Waals surface area contributed by atoms with Crippen LogP contribution in [0, 0.1) is 18.1 Å². The van der Waals surface area contributed by atoms with Crippen molar-refractivity contribution in [2.45, 2.75) is 77.1 Å². The number of hydrogen-bond acceptors (Lipinski definition) is 2. The molecule has 0 bridgehead atoms. The monoisotopic (exact) mass is 950 g/mol. The summed E-state index contributed by atoms with van der Waals surface area (Å²) >= 11 is -1.86. The van der Waals surface area contributed by atoms with Crippen LogP contribution in [0.3, 0.4) is 0 Å². The molecule has 5 heteroatoms. The molecule has 7 aromatic rings. The molecule has 0 atom stereocenters. The maximum Gasteiger partial charge on any atom is 0.0774 e. The van der Waals surface area contributed by atoms with Gasteiger partial charge in [-0.1, -0.05) is 70.2 Å². The molecular weight excluding hydrogens is 895 g/mol. The van der Waals surface area contributed by atoms with E-state index >= 15 is 0 Å². The molecule has 0 aliphatic rings. The Hall–Kier alpha value is -4.09. The van der Waals surface area contributed by atoms with E-state index in [4.69, 9.17) is 9.97 Å². The zero-order valence-electron chi connectivity index (χ0n) is 33.2. The third-order valence-corrected chi connectivity index (χ3v) is 14.0. The van der Waals surface area contributed by atoms with Crippen molar-refractivity contribution in [1.29, 1.82) is 0 Å². The van der Waals surface area contributed by atoms with Crippen LogP contribution in [-0.4, -0.2) is 27.8 Å². The third kappa shape index (κ3) is 9.40. The largest absolute Gasteiger partial charge is 0.333 e. The first-order chi connectivity index (χ1) is 25.4. The van der Waals surface area contributed by atoms with Crippen molar-refractivity contribution in [3.8, 4) is 39.5 Å². The van der Waals surface area contributed by atoms with Crippen molar-refractivity contribution in [3.05, 3.63) is 156 Å². The van der Waals surface area contributed by atoms with Crippen LogP contribution in [0.2, 0.25) is 17.3 Å². The normalized spacial score (nSPS) is 11.5. The average molecular weight is 949 g/mol. The fraction of sp³-hybridized carbons (Fsp3) is 0.265. The number of pyridine rings is 1. The average Bonchev–Trinajstić information content (AvgIpc) is 3.54. The second-order valence-corrected chi connectivity index (χ2v) is 26.6. The van der Waals surface area contributed by atoms with Gasteiger partial charge in [-0.15, -0.1) is 35.9 Å². The molecule has 1 radical (unpaired) electrons. The summed E-state index contributed by atoms with van der Waals surface area (Å²) in [6.45, 7) is 13.7. The van der Waals surface area contributed by atoms with E-state index in [-0.39, 0.29) is 20.1 Å². The molecule has 0 saturated heterocycles. The Kier molecular flexibility index (Phi) is 13.7. The maximum absolute atomic E-state index is 5.07. The van der Waals surface area contributed by atoms with Crippen molar-refractivity contribution in [2.75, 3.05) is 0 Å². The molecule has 0 amide bonds. The van der Waals surface area contributed by atoms with Crippen LogP contribution >= 0.6 is 0 Å². The van der Waals surface area contributed by atoms with E-state index in [9.17, 15) is 0 Å². The van der Waals surface area contributed by atoms with Gasteiger partial charge in [0.25, 0.3) is 0 Å². The Morgan fingerprint density at radius 1 is 0.648 bits per heavy atom. The topological polar surface area (TPSA) is 30.7 Å². The predicted molar refractivity (Wildman–Crippen MR) is 229 cm³/mol. The molecule has 0 N–H and O–H groups in total. The van der Waals surface area contributed by atoms with Crippen LogP contribution < -0.4 is 4.40 Å². The summed E-state index contributed by atoms with van der Waals surface area (Å²) in [7, 11) is 0. The molecule has 279 valence electrons. The Morgan fingerprint density at radius 2 is 1.22 bits per heavy atom. The standard InChI is InChI=1S/C31H29N2.C18H24GeN.Ir/c1-21(2)26-19-25(23-13-7-5-8-14-23)20-27(22(3)4)30(26)33-29-18-12-11-17-28(29)32-31(33)24-15-9-6-10-16-24;1-14(2)11-16-12-18(15-9-7-6-8-10-15)20-13-17(16)19(3,4)5;/h5-15,17-22H,1-4H3;6-9,12-14H,11H2,1-5H3;/q2*-1;. The summed E-state index contributed by atoms with van der Waals surface area (Å²) in [5, 5.41) is 0. The summed E-state index contributed by atoms with van der Waals surface area (Å²) in [6, 6.07) is 49.0. The van der Waals surface area contributed by atoms with Crippen LogP contribution in [-0.2, 0) is 26.5 Å². The molecule has 2 aromatic heterocycles. The molecule has 7 rings (SSSR count). The van der Waals surface area contributed by atoms with Crippen molar-refractivity contribution in [3.63, 3.8) is 0 Å². The Balaban J connectivity index is 0.000000230. The van der Waals surface area contributed by atoms with Gasteiger partial charge in [0, 0.05) is 25.8 Å². The minimum Gasteiger partial charge on any atom is -0.333 e. The first kappa shape index (κ1) is 41.1. The van der Waals surface area contributed by atoms with Gasteiger partial charge in [0.05, 0.1) is 16.9 Å². The van der Waals surface area contributed by atoms with E-state index in [1.165, 1.54) is 33.5 Å². The molecule has 54 heavy (non-hydrogen) atoms. The van der Waals surface area contributed by atoms with Gasteiger partial charge in [-0.2, -0.15) is 0 Å². The van der Waals surface area contributed by atoms with Gasteiger partial charge in [-0.3, -0.25) is 4.98 Å². The van der Waals surface area contributed by atoms with Gasteiger partial charge < -0.3 is 4.57 Å². The smallest absolute Gasteiger partial charge is 0.0774 e. The molecule has 5 aromatic carbocycles. The zero-order chi connectivity index (χ0) is 37.7. The molecule has 0 spiro atoms. The molecular formula is C49H53GeIrN3-2. The van der Waals surface area contributed by atoms with Gasteiger partial charge in [-0.05, 0) is 58.4 Å². The minimum atomic E-state index is -1.86. The third-order valence-electron chi connectivity index (χ3n) is 9.67. The first-order valence-electron chi connectivity index (χ1n) is 19.1. The van der Waals surface area contributed by atoms with Crippen LogP contribution in [0.1, 0.15) is 70.1 Å². The fourth-order valence-electron chi connectivity index (χ4n) is 7.06. The van der Waals surface area contributed by atoms with Crippen LogP contribution in [0.5, 0.6) is 0 Å². The number of imidazole rings is 1. The molecule has 0 fully saturated rings. The van der Waals surface area contributed by atoms with Crippen molar-refractivity contribution < 1.29 is 20.1 Å². The van der Waals surface area contributed by atoms with E-state index in [2.05, 4.69) is 173 Å². The Morgan fingerprint density at radius 3 is 1.78 bits per heavy atom. The number of nitrogens with zero attached hydrogens (tertiary/aromatic N) is 3. The molecule has 3 nitrogen and oxygen atoms in total. The predicted octanol–water partition coefficient (Wildman–Crippen LogP) is 12.7. The van der Waals surface area contributed by atoms with Crippen LogP contribution in [0.25, 0.3) is 50.5 Å². The number of hydrogen-bond donors (Lipinski definition) is 0. The maximum atomic E-state index is 5.07. The minimum absolute atomic E-state index is 0. The van der Waals surface area contributed by atoms with Crippen LogP contribution in [0.15, 0.2) is 128 Å².